The van der Waals surface area contributed by atoms with Gasteiger partial charge in [-0.2, -0.15) is 4.57 Å². The molecule has 1 heterocycles. The number of thioether (sulfide) groups is 1. The van der Waals surface area contributed by atoms with Crippen LogP contribution in [0.1, 0.15) is 32.6 Å². The molecular weight excluding hydrogens is 374 g/mol. The van der Waals surface area contributed by atoms with Gasteiger partial charge in [0, 0.05) is 29.0 Å². The van der Waals surface area contributed by atoms with E-state index in [9.17, 15) is 13.0 Å². The third kappa shape index (κ3) is 5.90. The van der Waals surface area contributed by atoms with Crippen LogP contribution in [-0.4, -0.2) is 24.5 Å². The predicted octanol–water partition coefficient (Wildman–Crippen LogP) is 4.06. The van der Waals surface area contributed by atoms with Crippen LogP contribution in [0.15, 0.2) is 22.5 Å². The molecule has 1 aromatic heterocycles. The summed E-state index contributed by atoms with van der Waals surface area (Å²) in [5.74, 6) is 0.535. The Morgan fingerprint density at radius 1 is 1.30 bits per heavy atom. The van der Waals surface area contributed by atoms with Gasteiger partial charge < -0.3 is 4.55 Å². The Kier molecular flexibility index (Phi) is 7.16. The Bertz CT molecular complexity index is 759. The van der Waals surface area contributed by atoms with Crippen molar-refractivity contribution in [3.8, 4) is 0 Å². The molecule has 0 bridgehead atoms. The fourth-order valence-electron chi connectivity index (χ4n) is 2.21. The largest absolute Gasteiger partial charge is 0.748 e. The number of fused-ring (bicyclic) bond motifs is 1. The lowest BCUT2D eigenvalue weighted by molar-refractivity contribution is -0.702. The molecular formula is C15H20ClNO3S3. The number of aryl methyl sites for hydroxylation is 1. The van der Waals surface area contributed by atoms with Gasteiger partial charge >= 0.3 is 0 Å². The highest BCUT2D eigenvalue weighted by Crippen LogP contribution is 2.30. The maximum absolute atomic E-state index is 10.6. The van der Waals surface area contributed by atoms with Crippen molar-refractivity contribution in [2.24, 2.45) is 0 Å². The van der Waals surface area contributed by atoms with Crippen LogP contribution in [-0.2, 0) is 16.7 Å². The van der Waals surface area contributed by atoms with Gasteiger partial charge in [0.25, 0.3) is 4.34 Å². The Morgan fingerprint density at radius 2 is 2.09 bits per heavy atom. The van der Waals surface area contributed by atoms with Gasteiger partial charge in [-0.1, -0.05) is 36.3 Å². The first-order chi connectivity index (χ1) is 10.9. The molecule has 0 saturated heterocycles. The molecule has 23 heavy (non-hydrogen) atoms. The summed E-state index contributed by atoms with van der Waals surface area (Å²) in [6.45, 7) is 3.12. The zero-order valence-electron chi connectivity index (χ0n) is 13.0. The van der Waals surface area contributed by atoms with Crippen molar-refractivity contribution in [2.75, 3.05) is 11.5 Å². The molecule has 0 aliphatic carbocycles. The SMILES string of the molecule is CCCC[n+]1c(SCCCCS(=O)(=O)[O-])sc2ccc(Cl)cc21. The normalized spacial score (nSPS) is 12.1. The third-order valence-electron chi connectivity index (χ3n) is 3.38. The van der Waals surface area contributed by atoms with Crippen LogP contribution in [0.4, 0.5) is 0 Å². The van der Waals surface area contributed by atoms with E-state index in [1.807, 2.05) is 18.2 Å². The maximum Gasteiger partial charge on any atom is 0.298 e. The Morgan fingerprint density at radius 3 is 2.78 bits per heavy atom. The number of halogens is 1. The molecule has 0 aliphatic rings. The second-order valence-corrected chi connectivity index (χ2v) is 9.64. The first kappa shape index (κ1) is 19.0. The van der Waals surface area contributed by atoms with Crippen LogP contribution in [0, 0.1) is 0 Å². The standard InChI is InChI=1S/C15H20ClNO3S3/c1-2-3-8-17-13-11-12(16)6-7-14(13)22-15(17)21-9-4-5-10-23(18,19)20/h6-7,11H,2-5,8-10H2,1H3. The van der Waals surface area contributed by atoms with E-state index in [2.05, 4.69) is 11.5 Å². The van der Waals surface area contributed by atoms with Crippen molar-refractivity contribution in [3.63, 3.8) is 0 Å². The van der Waals surface area contributed by atoms with Crippen LogP contribution in [0.25, 0.3) is 10.2 Å². The van der Waals surface area contributed by atoms with Crippen LogP contribution >= 0.6 is 34.7 Å². The smallest absolute Gasteiger partial charge is 0.298 e. The van der Waals surface area contributed by atoms with Crippen molar-refractivity contribution in [1.82, 2.24) is 0 Å². The highest BCUT2D eigenvalue weighted by Gasteiger charge is 2.20. The van der Waals surface area contributed by atoms with Crippen LogP contribution in [0.3, 0.4) is 0 Å². The fourth-order valence-corrected chi connectivity index (χ4v) is 5.46. The second-order valence-electron chi connectivity index (χ2n) is 5.30. The van der Waals surface area contributed by atoms with Crippen LogP contribution in [0.5, 0.6) is 0 Å². The summed E-state index contributed by atoms with van der Waals surface area (Å²) in [5, 5.41) is 0.734. The van der Waals surface area contributed by atoms with E-state index < -0.39 is 10.1 Å². The minimum atomic E-state index is -4.09. The van der Waals surface area contributed by atoms with Gasteiger partial charge in [0.15, 0.2) is 6.54 Å². The number of aromatic nitrogens is 1. The molecule has 0 spiro atoms. The number of rotatable bonds is 9. The van der Waals surface area contributed by atoms with Crippen molar-refractivity contribution in [2.45, 2.75) is 43.5 Å². The van der Waals surface area contributed by atoms with E-state index in [1.54, 1.807) is 23.1 Å². The molecule has 0 saturated carbocycles. The van der Waals surface area contributed by atoms with E-state index in [0.717, 1.165) is 42.1 Å². The molecule has 2 aromatic rings. The zero-order valence-corrected chi connectivity index (χ0v) is 16.2. The van der Waals surface area contributed by atoms with E-state index in [0.29, 0.717) is 6.42 Å². The zero-order chi connectivity index (χ0) is 16.9. The molecule has 2 rings (SSSR count). The molecule has 0 aliphatic heterocycles. The number of nitrogens with zero attached hydrogens (tertiary/aromatic N) is 1. The molecule has 0 N–H and O–H groups in total. The maximum atomic E-state index is 10.6. The fraction of sp³-hybridized carbons (Fsp3) is 0.533. The van der Waals surface area contributed by atoms with Gasteiger partial charge in [0.2, 0.25) is 5.52 Å². The topological polar surface area (TPSA) is 61.1 Å². The number of hydrogen-bond donors (Lipinski definition) is 0. The predicted molar refractivity (Wildman–Crippen MR) is 96.5 cm³/mol. The minimum Gasteiger partial charge on any atom is -0.748 e. The molecule has 0 radical (unpaired) electrons. The van der Waals surface area contributed by atoms with Crippen molar-refractivity contribution < 1.29 is 17.5 Å². The summed E-state index contributed by atoms with van der Waals surface area (Å²) < 4.78 is 36.5. The van der Waals surface area contributed by atoms with E-state index >= 15 is 0 Å². The monoisotopic (exact) mass is 393 g/mol. The Labute approximate surface area is 150 Å². The van der Waals surface area contributed by atoms with Crippen LogP contribution in [0.2, 0.25) is 5.02 Å². The lowest BCUT2D eigenvalue weighted by Gasteiger charge is -2.05. The van der Waals surface area contributed by atoms with E-state index in [-0.39, 0.29) is 5.75 Å². The third-order valence-corrected chi connectivity index (χ3v) is 6.93. The molecule has 1 aromatic carbocycles. The second kappa shape index (κ2) is 8.67. The van der Waals surface area contributed by atoms with Gasteiger partial charge in [-0.25, -0.2) is 8.42 Å². The highest BCUT2D eigenvalue weighted by molar-refractivity contribution is 8.01. The van der Waals surface area contributed by atoms with E-state index in [1.165, 1.54) is 9.04 Å². The van der Waals surface area contributed by atoms with E-state index in [4.69, 9.17) is 11.6 Å². The van der Waals surface area contributed by atoms with Gasteiger partial charge in [0.05, 0.1) is 10.1 Å². The molecule has 8 heteroatoms. The first-order valence-corrected chi connectivity index (χ1v) is 11.3. The number of thiazole rings is 1. The average molecular weight is 394 g/mol. The number of hydrogen-bond acceptors (Lipinski definition) is 5. The average Bonchev–Trinajstić information content (AvgIpc) is 2.80. The molecule has 0 unspecified atom stereocenters. The Hall–Kier alpha value is -0.340. The lowest BCUT2D eigenvalue weighted by Crippen LogP contribution is -2.34. The number of benzene rings is 1. The summed E-state index contributed by atoms with van der Waals surface area (Å²) in [7, 11) is -4.09. The highest BCUT2D eigenvalue weighted by atomic mass is 35.5. The first-order valence-electron chi connectivity index (χ1n) is 7.59. The summed E-state index contributed by atoms with van der Waals surface area (Å²) in [6, 6.07) is 5.94. The van der Waals surface area contributed by atoms with Gasteiger partial charge in [-0.05, 0) is 36.7 Å². The Balaban J connectivity index is 2.06. The molecule has 128 valence electrons. The van der Waals surface area contributed by atoms with Crippen molar-refractivity contribution in [3.05, 3.63) is 23.2 Å². The molecule has 0 atom stereocenters. The summed E-state index contributed by atoms with van der Waals surface area (Å²) in [4.78, 5) is 0. The molecule has 4 nitrogen and oxygen atoms in total. The number of unbranched alkanes of at least 4 members (excludes halogenated alkanes) is 2. The van der Waals surface area contributed by atoms with Gasteiger partial charge in [-0.3, -0.25) is 0 Å². The lowest BCUT2D eigenvalue weighted by atomic mass is 10.3. The molecule has 0 fully saturated rings. The van der Waals surface area contributed by atoms with Gasteiger partial charge in [0.1, 0.15) is 4.70 Å². The van der Waals surface area contributed by atoms with Crippen molar-refractivity contribution in [1.29, 1.82) is 0 Å². The summed E-state index contributed by atoms with van der Waals surface area (Å²) >= 11 is 9.58. The van der Waals surface area contributed by atoms with Gasteiger partial charge in [-0.15, -0.1) is 0 Å². The van der Waals surface area contributed by atoms with Crippen molar-refractivity contribution >= 4 is 55.0 Å². The quantitative estimate of drug-likeness (QED) is 0.279. The summed E-state index contributed by atoms with van der Waals surface area (Å²) in [6.07, 6.45) is 3.36. The van der Waals surface area contributed by atoms with Crippen LogP contribution < -0.4 is 4.57 Å². The minimum absolute atomic E-state index is 0.272. The summed E-state index contributed by atoms with van der Waals surface area (Å²) in [5.41, 5.74) is 1.15. The molecule has 0 amide bonds.